The molecule has 0 aromatic heterocycles. The molecule has 0 saturated carbocycles. The lowest BCUT2D eigenvalue weighted by Crippen LogP contribution is -1.90. The number of methoxy groups -OCH3 is 3. The summed E-state index contributed by atoms with van der Waals surface area (Å²) in [5, 5.41) is 9.88. The second kappa shape index (κ2) is 6.70. The minimum atomic E-state index is -0.00136. The molecule has 0 saturated heterocycles. The first-order valence-corrected chi connectivity index (χ1v) is 6.45. The molecule has 4 heteroatoms. The molecule has 2 aromatic carbocycles. The second-order valence-corrected chi connectivity index (χ2v) is 4.38. The van der Waals surface area contributed by atoms with E-state index in [-0.39, 0.29) is 5.75 Å². The minimum Gasteiger partial charge on any atom is -0.502 e. The highest BCUT2D eigenvalue weighted by molar-refractivity contribution is 5.73. The zero-order chi connectivity index (χ0) is 15.2. The van der Waals surface area contributed by atoms with E-state index in [9.17, 15) is 5.11 Å². The quantitative estimate of drug-likeness (QED) is 0.853. The van der Waals surface area contributed by atoms with Gasteiger partial charge < -0.3 is 19.3 Å². The van der Waals surface area contributed by atoms with Crippen LogP contribution in [0.5, 0.6) is 23.0 Å². The molecule has 0 unspecified atom stereocenters. The molecular weight excluding hydrogens is 268 g/mol. The van der Waals surface area contributed by atoms with Crippen molar-refractivity contribution in [3.8, 4) is 23.0 Å². The molecule has 4 nitrogen and oxygen atoms in total. The smallest absolute Gasteiger partial charge is 0.200 e. The topological polar surface area (TPSA) is 47.9 Å². The third-order valence-corrected chi connectivity index (χ3v) is 3.06. The Kier molecular flexibility index (Phi) is 4.72. The monoisotopic (exact) mass is 286 g/mol. The summed E-state index contributed by atoms with van der Waals surface area (Å²) in [6, 6.07) is 11.2. The average molecular weight is 286 g/mol. The van der Waals surface area contributed by atoms with Crippen molar-refractivity contribution < 1.29 is 19.3 Å². The SMILES string of the molecule is COc1cccc(C=Cc2cc(OC)c(O)c(OC)c2)c1. The summed E-state index contributed by atoms with van der Waals surface area (Å²) in [4.78, 5) is 0. The Morgan fingerprint density at radius 1 is 0.810 bits per heavy atom. The summed E-state index contributed by atoms with van der Waals surface area (Å²) < 4.78 is 15.5. The Balaban J connectivity index is 2.31. The van der Waals surface area contributed by atoms with E-state index in [1.54, 1.807) is 19.2 Å². The summed E-state index contributed by atoms with van der Waals surface area (Å²) in [7, 11) is 4.65. The Labute approximate surface area is 124 Å². The zero-order valence-electron chi connectivity index (χ0n) is 12.3. The average Bonchev–Trinajstić information content (AvgIpc) is 2.54. The van der Waals surface area contributed by atoms with E-state index in [1.165, 1.54) is 14.2 Å². The molecule has 0 aliphatic carbocycles. The van der Waals surface area contributed by atoms with Gasteiger partial charge in [-0.2, -0.15) is 0 Å². The van der Waals surface area contributed by atoms with Gasteiger partial charge in [-0.05, 0) is 35.4 Å². The summed E-state index contributed by atoms with van der Waals surface area (Å²) in [5.41, 5.74) is 1.88. The van der Waals surface area contributed by atoms with Crippen LogP contribution < -0.4 is 14.2 Å². The molecule has 0 amide bonds. The lowest BCUT2D eigenvalue weighted by molar-refractivity contribution is 0.340. The molecule has 0 spiro atoms. The molecule has 1 N–H and O–H groups in total. The van der Waals surface area contributed by atoms with Crippen molar-refractivity contribution in [2.24, 2.45) is 0 Å². The number of aromatic hydroxyl groups is 1. The van der Waals surface area contributed by atoms with Crippen molar-refractivity contribution in [1.29, 1.82) is 0 Å². The number of hydrogen-bond donors (Lipinski definition) is 1. The molecule has 0 aliphatic rings. The van der Waals surface area contributed by atoms with Gasteiger partial charge in [0.05, 0.1) is 21.3 Å². The van der Waals surface area contributed by atoms with Crippen molar-refractivity contribution in [1.82, 2.24) is 0 Å². The van der Waals surface area contributed by atoms with E-state index < -0.39 is 0 Å². The fraction of sp³-hybridized carbons (Fsp3) is 0.176. The third kappa shape index (κ3) is 3.48. The van der Waals surface area contributed by atoms with Gasteiger partial charge in [0.15, 0.2) is 11.5 Å². The first-order chi connectivity index (χ1) is 10.2. The van der Waals surface area contributed by atoms with Crippen LogP contribution in [-0.4, -0.2) is 26.4 Å². The number of hydrogen-bond acceptors (Lipinski definition) is 4. The molecule has 0 fully saturated rings. The van der Waals surface area contributed by atoms with Crippen LogP contribution in [0.25, 0.3) is 12.2 Å². The number of phenolic OH excluding ortho intramolecular Hbond substituents is 1. The van der Waals surface area contributed by atoms with E-state index in [2.05, 4.69) is 0 Å². The van der Waals surface area contributed by atoms with E-state index >= 15 is 0 Å². The molecule has 0 atom stereocenters. The molecule has 0 bridgehead atoms. The van der Waals surface area contributed by atoms with Crippen molar-refractivity contribution >= 4 is 12.2 Å². The van der Waals surface area contributed by atoms with Crippen LogP contribution in [0.1, 0.15) is 11.1 Å². The summed E-state index contributed by atoms with van der Waals surface area (Å²) >= 11 is 0. The maximum atomic E-state index is 9.88. The van der Waals surface area contributed by atoms with E-state index in [0.29, 0.717) is 11.5 Å². The van der Waals surface area contributed by atoms with Crippen molar-refractivity contribution in [2.45, 2.75) is 0 Å². The molecule has 0 radical (unpaired) electrons. The normalized spacial score (nSPS) is 10.6. The van der Waals surface area contributed by atoms with Gasteiger partial charge in [0.25, 0.3) is 0 Å². The predicted octanol–water partition coefficient (Wildman–Crippen LogP) is 3.59. The van der Waals surface area contributed by atoms with E-state index in [0.717, 1.165) is 16.9 Å². The second-order valence-electron chi connectivity index (χ2n) is 4.38. The van der Waals surface area contributed by atoms with Crippen LogP contribution in [-0.2, 0) is 0 Å². The van der Waals surface area contributed by atoms with Gasteiger partial charge in [-0.25, -0.2) is 0 Å². The first kappa shape index (κ1) is 14.8. The van der Waals surface area contributed by atoms with E-state index in [4.69, 9.17) is 14.2 Å². The highest BCUT2D eigenvalue weighted by Gasteiger charge is 2.09. The first-order valence-electron chi connectivity index (χ1n) is 6.45. The maximum absolute atomic E-state index is 9.88. The summed E-state index contributed by atoms with van der Waals surface area (Å²) in [6.45, 7) is 0. The molecule has 0 heterocycles. The largest absolute Gasteiger partial charge is 0.502 e. The maximum Gasteiger partial charge on any atom is 0.200 e. The van der Waals surface area contributed by atoms with E-state index in [1.807, 2.05) is 36.4 Å². The van der Waals surface area contributed by atoms with Crippen LogP contribution in [0.4, 0.5) is 0 Å². The van der Waals surface area contributed by atoms with Gasteiger partial charge in [-0.15, -0.1) is 0 Å². The Morgan fingerprint density at radius 2 is 1.43 bits per heavy atom. The lowest BCUT2D eigenvalue weighted by atomic mass is 10.1. The van der Waals surface area contributed by atoms with Gasteiger partial charge in [-0.1, -0.05) is 24.3 Å². The number of ether oxygens (including phenoxy) is 3. The summed E-state index contributed by atoms with van der Waals surface area (Å²) in [6.07, 6.45) is 3.87. The van der Waals surface area contributed by atoms with Crippen molar-refractivity contribution in [2.75, 3.05) is 21.3 Å². The predicted molar refractivity (Wildman–Crippen MR) is 83.1 cm³/mol. The fourth-order valence-electron chi connectivity index (χ4n) is 1.95. The highest BCUT2D eigenvalue weighted by Crippen LogP contribution is 2.37. The lowest BCUT2D eigenvalue weighted by Gasteiger charge is -2.09. The zero-order valence-corrected chi connectivity index (χ0v) is 12.3. The highest BCUT2D eigenvalue weighted by atomic mass is 16.5. The van der Waals surface area contributed by atoms with Gasteiger partial charge in [0, 0.05) is 0 Å². The molecular formula is C17H18O4. The minimum absolute atomic E-state index is 0.00136. The molecule has 2 aromatic rings. The molecule has 110 valence electrons. The number of rotatable bonds is 5. The van der Waals surface area contributed by atoms with Crippen LogP contribution in [0.2, 0.25) is 0 Å². The standard InChI is InChI=1S/C17H18O4/c1-19-14-6-4-5-12(9-14)7-8-13-10-15(20-2)17(18)16(11-13)21-3/h4-11,18H,1-3H3. The van der Waals surface area contributed by atoms with Crippen LogP contribution in [0.3, 0.4) is 0 Å². The van der Waals surface area contributed by atoms with Crippen molar-refractivity contribution in [3.63, 3.8) is 0 Å². The van der Waals surface area contributed by atoms with Crippen LogP contribution >= 0.6 is 0 Å². The molecule has 21 heavy (non-hydrogen) atoms. The van der Waals surface area contributed by atoms with Gasteiger partial charge in [0.2, 0.25) is 5.75 Å². The Morgan fingerprint density at radius 3 is 2.00 bits per heavy atom. The summed E-state index contributed by atoms with van der Waals surface area (Å²) in [5.74, 6) is 1.55. The number of benzene rings is 2. The molecule has 2 rings (SSSR count). The number of phenols is 1. The van der Waals surface area contributed by atoms with Crippen molar-refractivity contribution in [3.05, 3.63) is 47.5 Å². The van der Waals surface area contributed by atoms with Gasteiger partial charge in [-0.3, -0.25) is 0 Å². The van der Waals surface area contributed by atoms with Crippen LogP contribution in [0.15, 0.2) is 36.4 Å². The van der Waals surface area contributed by atoms with Crippen LogP contribution in [0, 0.1) is 0 Å². The van der Waals surface area contributed by atoms with Gasteiger partial charge in [0.1, 0.15) is 5.75 Å². The molecule has 0 aliphatic heterocycles. The third-order valence-electron chi connectivity index (χ3n) is 3.06. The fourth-order valence-corrected chi connectivity index (χ4v) is 1.95. The van der Waals surface area contributed by atoms with Gasteiger partial charge >= 0.3 is 0 Å². The Bertz CT molecular complexity index is 622. The Hall–Kier alpha value is -2.62.